The van der Waals surface area contributed by atoms with Crippen molar-refractivity contribution in [3.05, 3.63) is 124 Å². The van der Waals surface area contributed by atoms with Crippen LogP contribution in [0.5, 0.6) is 0 Å². The van der Waals surface area contributed by atoms with Crippen molar-refractivity contribution in [2.24, 2.45) is 11.1 Å². The highest BCUT2D eigenvalue weighted by Gasteiger charge is 2.33. The SMILES string of the molecule is C[C@@H](NCC1CCN(C(=O)c2ccc(C(=O)N=O)cc2)CC1c1ccccc1)c1cccc2ccccc12. The minimum atomic E-state index is -0.834. The zero-order chi connectivity index (χ0) is 26.5. The number of amides is 2. The van der Waals surface area contributed by atoms with Gasteiger partial charge in [-0.05, 0) is 72.0 Å². The molecule has 6 nitrogen and oxygen atoms in total. The van der Waals surface area contributed by atoms with E-state index in [4.69, 9.17) is 0 Å². The van der Waals surface area contributed by atoms with Crippen molar-refractivity contribution >= 4 is 22.6 Å². The van der Waals surface area contributed by atoms with E-state index >= 15 is 0 Å². The number of nitroso groups, excluding NO2 is 1. The number of nitrogens with one attached hydrogen (secondary N) is 1. The smallest absolute Gasteiger partial charge is 0.316 e. The van der Waals surface area contributed by atoms with Gasteiger partial charge in [-0.25, -0.2) is 0 Å². The molecule has 2 unspecified atom stereocenters. The van der Waals surface area contributed by atoms with Crippen molar-refractivity contribution in [1.82, 2.24) is 10.2 Å². The molecule has 0 spiro atoms. The molecule has 0 aromatic heterocycles. The Hall–Kier alpha value is -4.16. The summed E-state index contributed by atoms with van der Waals surface area (Å²) in [5.74, 6) is -0.336. The zero-order valence-corrected chi connectivity index (χ0v) is 21.4. The second-order valence-electron chi connectivity index (χ2n) is 9.99. The van der Waals surface area contributed by atoms with E-state index < -0.39 is 5.91 Å². The van der Waals surface area contributed by atoms with E-state index in [2.05, 4.69) is 84.1 Å². The lowest BCUT2D eigenvalue weighted by Crippen LogP contribution is -2.45. The molecule has 38 heavy (non-hydrogen) atoms. The number of hydrogen-bond acceptors (Lipinski definition) is 4. The standard InChI is InChI=1S/C32H31N3O3/c1-22(28-13-7-11-23-10-5-6-12-29(23)28)33-20-27-18-19-35(21-30(27)24-8-3-2-4-9-24)32(37)26-16-14-25(15-17-26)31(36)34-38/h2-17,22,27,30,33H,18-21H2,1H3/t22-,27?,30?/m1/s1. The number of benzene rings is 4. The average molecular weight is 506 g/mol. The Morgan fingerprint density at radius 3 is 2.34 bits per heavy atom. The molecule has 0 bridgehead atoms. The monoisotopic (exact) mass is 505 g/mol. The van der Waals surface area contributed by atoms with Crippen LogP contribution in [0.4, 0.5) is 0 Å². The van der Waals surface area contributed by atoms with Gasteiger partial charge in [0.2, 0.25) is 0 Å². The third kappa shape index (κ3) is 5.41. The summed E-state index contributed by atoms with van der Waals surface area (Å²) in [6, 6.07) is 31.7. The Morgan fingerprint density at radius 2 is 1.58 bits per heavy atom. The van der Waals surface area contributed by atoms with E-state index in [0.29, 0.717) is 24.6 Å². The van der Waals surface area contributed by atoms with Crippen LogP contribution in [0, 0.1) is 10.8 Å². The van der Waals surface area contributed by atoms with Gasteiger partial charge in [-0.2, -0.15) is 0 Å². The average Bonchev–Trinajstić information content (AvgIpc) is 2.99. The Kier molecular flexibility index (Phi) is 7.70. The number of likely N-dealkylation sites (tertiary alicyclic amines) is 1. The number of carbonyl (C=O) groups is 2. The number of piperidine rings is 1. The van der Waals surface area contributed by atoms with Crippen molar-refractivity contribution in [3.8, 4) is 0 Å². The van der Waals surface area contributed by atoms with Crippen molar-refractivity contribution < 1.29 is 9.59 Å². The Bertz CT molecular complexity index is 1430. The molecule has 2 amide bonds. The first-order chi connectivity index (χ1) is 18.5. The summed E-state index contributed by atoms with van der Waals surface area (Å²) in [6.45, 7) is 4.34. The molecule has 1 heterocycles. The van der Waals surface area contributed by atoms with E-state index in [9.17, 15) is 14.5 Å². The summed E-state index contributed by atoms with van der Waals surface area (Å²) in [4.78, 5) is 37.3. The Labute approximate surface area is 222 Å². The fourth-order valence-electron chi connectivity index (χ4n) is 5.56. The number of rotatable bonds is 7. The lowest BCUT2D eigenvalue weighted by atomic mass is 9.80. The molecule has 4 aromatic rings. The molecule has 5 rings (SSSR count). The van der Waals surface area contributed by atoms with Gasteiger partial charge in [0.25, 0.3) is 5.91 Å². The summed E-state index contributed by atoms with van der Waals surface area (Å²) in [7, 11) is 0. The van der Waals surface area contributed by atoms with E-state index in [0.717, 1.165) is 13.0 Å². The van der Waals surface area contributed by atoms with Crippen LogP contribution in [-0.4, -0.2) is 36.3 Å². The summed E-state index contributed by atoms with van der Waals surface area (Å²) in [5, 5.41) is 8.75. The van der Waals surface area contributed by atoms with Crippen molar-refractivity contribution in [1.29, 1.82) is 0 Å². The molecule has 1 N–H and O–H groups in total. The van der Waals surface area contributed by atoms with Crippen molar-refractivity contribution in [2.75, 3.05) is 19.6 Å². The van der Waals surface area contributed by atoms with Gasteiger partial charge < -0.3 is 10.2 Å². The van der Waals surface area contributed by atoms with Gasteiger partial charge in [-0.15, -0.1) is 4.91 Å². The topological polar surface area (TPSA) is 78.8 Å². The van der Waals surface area contributed by atoms with Crippen LogP contribution >= 0.6 is 0 Å². The zero-order valence-electron chi connectivity index (χ0n) is 21.4. The molecule has 0 aliphatic carbocycles. The van der Waals surface area contributed by atoms with Crippen LogP contribution in [0.25, 0.3) is 10.8 Å². The molecule has 1 aliphatic heterocycles. The largest absolute Gasteiger partial charge is 0.338 e. The van der Waals surface area contributed by atoms with E-state index in [1.807, 2.05) is 11.0 Å². The predicted molar refractivity (Wildman–Crippen MR) is 150 cm³/mol. The Balaban J connectivity index is 1.31. The predicted octanol–water partition coefficient (Wildman–Crippen LogP) is 6.34. The number of fused-ring (bicyclic) bond motifs is 1. The second kappa shape index (κ2) is 11.5. The van der Waals surface area contributed by atoms with Crippen LogP contribution in [0.2, 0.25) is 0 Å². The first-order valence-electron chi connectivity index (χ1n) is 13.1. The second-order valence-corrected chi connectivity index (χ2v) is 9.99. The normalized spacial score (nSPS) is 18.2. The van der Waals surface area contributed by atoms with Gasteiger partial charge >= 0.3 is 5.91 Å². The quantitative estimate of drug-likeness (QED) is 0.297. The van der Waals surface area contributed by atoms with Crippen LogP contribution in [0.3, 0.4) is 0 Å². The van der Waals surface area contributed by atoms with Crippen molar-refractivity contribution in [2.45, 2.75) is 25.3 Å². The molecule has 1 fully saturated rings. The maximum atomic E-state index is 13.3. The van der Waals surface area contributed by atoms with Crippen LogP contribution in [0.15, 0.2) is 102 Å². The third-order valence-corrected chi connectivity index (χ3v) is 7.71. The Morgan fingerprint density at radius 1 is 0.895 bits per heavy atom. The van der Waals surface area contributed by atoms with Gasteiger partial charge in [0.1, 0.15) is 0 Å². The maximum absolute atomic E-state index is 13.3. The summed E-state index contributed by atoms with van der Waals surface area (Å²) in [5.41, 5.74) is 3.20. The number of nitrogens with zero attached hydrogens (tertiary/aromatic N) is 2. The molecule has 1 aliphatic rings. The third-order valence-electron chi connectivity index (χ3n) is 7.71. The van der Waals surface area contributed by atoms with Gasteiger partial charge in [0.05, 0.1) is 0 Å². The summed E-state index contributed by atoms with van der Waals surface area (Å²) < 4.78 is 0. The van der Waals surface area contributed by atoms with Gasteiger partial charge in [-0.1, -0.05) is 72.8 Å². The highest BCUT2D eigenvalue weighted by molar-refractivity contribution is 5.98. The summed E-state index contributed by atoms with van der Waals surface area (Å²) in [6.07, 6.45) is 0.881. The van der Waals surface area contributed by atoms with E-state index in [1.165, 1.54) is 34.0 Å². The van der Waals surface area contributed by atoms with Gasteiger partial charge in [0.15, 0.2) is 0 Å². The lowest BCUT2D eigenvalue weighted by molar-refractivity contribution is 0.0657. The molecular formula is C32H31N3O3. The summed E-state index contributed by atoms with van der Waals surface area (Å²) >= 11 is 0. The number of hydrogen-bond donors (Lipinski definition) is 1. The fraction of sp³-hybridized carbons (Fsp3) is 0.250. The molecule has 1 saturated heterocycles. The first kappa shape index (κ1) is 25.5. The molecule has 4 aromatic carbocycles. The first-order valence-corrected chi connectivity index (χ1v) is 13.1. The lowest BCUT2D eigenvalue weighted by Gasteiger charge is -2.39. The highest BCUT2D eigenvalue weighted by atomic mass is 16.3. The van der Waals surface area contributed by atoms with Gasteiger partial charge in [0, 0.05) is 41.4 Å². The van der Waals surface area contributed by atoms with Crippen LogP contribution in [-0.2, 0) is 0 Å². The molecule has 6 heteroatoms. The maximum Gasteiger partial charge on any atom is 0.316 e. The highest BCUT2D eigenvalue weighted by Crippen LogP contribution is 2.34. The van der Waals surface area contributed by atoms with E-state index in [1.54, 1.807) is 12.1 Å². The molecular weight excluding hydrogens is 474 g/mol. The van der Waals surface area contributed by atoms with Crippen LogP contribution in [0.1, 0.15) is 57.1 Å². The van der Waals surface area contributed by atoms with E-state index in [-0.39, 0.29) is 23.4 Å². The van der Waals surface area contributed by atoms with Crippen LogP contribution < -0.4 is 5.32 Å². The molecule has 0 saturated carbocycles. The molecule has 3 atom stereocenters. The minimum Gasteiger partial charge on any atom is -0.338 e. The molecule has 0 radical (unpaired) electrons. The fourth-order valence-corrected chi connectivity index (χ4v) is 5.56. The minimum absolute atomic E-state index is 0.0699. The van der Waals surface area contributed by atoms with Gasteiger partial charge in [-0.3, -0.25) is 9.59 Å². The molecule has 192 valence electrons. The number of carbonyl (C=O) groups excluding carboxylic acids is 2. The van der Waals surface area contributed by atoms with Crippen molar-refractivity contribution in [3.63, 3.8) is 0 Å².